The molecule has 0 N–H and O–H groups in total. The van der Waals surface area contributed by atoms with Crippen LogP contribution in [-0.2, 0) is 6.42 Å². The van der Waals surface area contributed by atoms with Gasteiger partial charge in [0.2, 0.25) is 0 Å². The average Bonchev–Trinajstić information content (AvgIpc) is 2.53. The van der Waals surface area contributed by atoms with Gasteiger partial charge in [-0.25, -0.2) is 0 Å². The van der Waals surface area contributed by atoms with Crippen molar-refractivity contribution < 1.29 is 0 Å². The van der Waals surface area contributed by atoms with Crippen molar-refractivity contribution in [1.82, 2.24) is 0 Å². The van der Waals surface area contributed by atoms with Crippen LogP contribution in [0.1, 0.15) is 70.3 Å². The normalized spacial score (nSPS) is 10.6. The summed E-state index contributed by atoms with van der Waals surface area (Å²) in [4.78, 5) is 0. The average molecular weight is 306 g/mol. The van der Waals surface area contributed by atoms with Crippen molar-refractivity contribution in [2.75, 3.05) is 0 Å². The summed E-state index contributed by atoms with van der Waals surface area (Å²) in [7, 11) is 0. The van der Waals surface area contributed by atoms with Crippen molar-refractivity contribution in [2.24, 2.45) is 0 Å². The third-order valence-corrected chi connectivity index (χ3v) is 4.43. The molecule has 0 nitrogen and oxygen atoms in total. The van der Waals surface area contributed by atoms with E-state index in [9.17, 15) is 0 Å². The monoisotopic (exact) mass is 306 g/mol. The quantitative estimate of drug-likeness (QED) is 0.359. The number of hydrogen-bond acceptors (Lipinski definition) is 0. The molecule has 1 heteroatoms. The fraction of sp³-hybridized carbons (Fsp3) is 0.524. The van der Waals surface area contributed by atoms with E-state index in [-0.39, 0.29) is 29.6 Å². The van der Waals surface area contributed by atoms with Gasteiger partial charge in [-0.1, -0.05) is 101 Å². The van der Waals surface area contributed by atoms with Gasteiger partial charge in [-0.05, 0) is 29.2 Å². The van der Waals surface area contributed by atoms with Crippen LogP contribution in [0.3, 0.4) is 0 Å². The van der Waals surface area contributed by atoms with E-state index in [2.05, 4.69) is 49.4 Å². The Morgan fingerprint density at radius 1 is 0.636 bits per heavy atom. The zero-order valence-corrected chi connectivity index (χ0v) is 13.6. The van der Waals surface area contributed by atoms with E-state index in [1.54, 1.807) is 0 Å². The van der Waals surface area contributed by atoms with E-state index in [1.165, 1.54) is 80.5 Å². The van der Waals surface area contributed by atoms with Gasteiger partial charge < -0.3 is 0 Å². The van der Waals surface area contributed by atoms with Crippen molar-refractivity contribution >= 4 is 40.3 Å². The van der Waals surface area contributed by atoms with Gasteiger partial charge in [0.05, 0.1) is 0 Å². The van der Waals surface area contributed by atoms with Gasteiger partial charge in [0.25, 0.3) is 0 Å². The van der Waals surface area contributed by atoms with Crippen molar-refractivity contribution in [3.63, 3.8) is 0 Å². The molecule has 0 bridgehead atoms. The van der Waals surface area contributed by atoms with E-state index >= 15 is 0 Å². The molecule has 22 heavy (non-hydrogen) atoms. The van der Waals surface area contributed by atoms with Gasteiger partial charge >= 0.3 is 29.6 Å². The summed E-state index contributed by atoms with van der Waals surface area (Å²) < 4.78 is 0. The summed E-state index contributed by atoms with van der Waals surface area (Å²) in [5.74, 6) is 0. The van der Waals surface area contributed by atoms with Crippen LogP contribution < -0.4 is 0 Å². The van der Waals surface area contributed by atoms with Crippen molar-refractivity contribution in [3.05, 3.63) is 48.0 Å². The SMILES string of the molecule is CCCCCCCCCCCc1cccc2ccccc12.[NaH]. The minimum absolute atomic E-state index is 0. The fourth-order valence-corrected chi connectivity index (χ4v) is 3.14. The molecule has 0 unspecified atom stereocenters. The molecule has 0 fully saturated rings. The van der Waals surface area contributed by atoms with Gasteiger partial charge in [-0.3, -0.25) is 0 Å². The van der Waals surface area contributed by atoms with E-state index in [1.807, 2.05) is 0 Å². The third kappa shape index (κ3) is 6.86. The molecule has 0 amide bonds. The number of aryl methyl sites for hydroxylation is 1. The van der Waals surface area contributed by atoms with Crippen molar-refractivity contribution in [2.45, 2.75) is 71.1 Å². The Kier molecular flexibility index (Phi) is 10.9. The molecule has 0 spiro atoms. The van der Waals surface area contributed by atoms with Crippen LogP contribution in [0.5, 0.6) is 0 Å². The molecule has 0 aliphatic heterocycles. The topological polar surface area (TPSA) is 0 Å². The second kappa shape index (κ2) is 12.2. The van der Waals surface area contributed by atoms with E-state index in [0.29, 0.717) is 0 Å². The standard InChI is InChI=1S/C21H30.Na.H/c1-2-3-4-5-6-7-8-9-10-14-19-16-13-17-20-15-11-12-18-21(19)20;;/h11-13,15-18H,2-10,14H2,1H3;;. The molecule has 0 aliphatic carbocycles. The fourth-order valence-electron chi connectivity index (χ4n) is 3.14. The molecule has 0 radical (unpaired) electrons. The summed E-state index contributed by atoms with van der Waals surface area (Å²) in [6.45, 7) is 2.29. The first-order chi connectivity index (χ1) is 10.4. The van der Waals surface area contributed by atoms with Crippen molar-refractivity contribution in [3.8, 4) is 0 Å². The van der Waals surface area contributed by atoms with Crippen LogP contribution in [0.25, 0.3) is 10.8 Å². The molecule has 0 aliphatic rings. The number of rotatable bonds is 10. The molecule has 2 aromatic rings. The Labute approximate surface area is 159 Å². The first-order valence-corrected chi connectivity index (χ1v) is 8.88. The number of benzene rings is 2. The van der Waals surface area contributed by atoms with Gasteiger partial charge in [0.1, 0.15) is 0 Å². The maximum absolute atomic E-state index is 2.30. The minimum atomic E-state index is 0. The van der Waals surface area contributed by atoms with Crippen LogP contribution in [0.4, 0.5) is 0 Å². The van der Waals surface area contributed by atoms with Gasteiger partial charge in [-0.15, -0.1) is 0 Å². The Bertz CT molecular complexity index is 513. The molecule has 0 saturated carbocycles. The maximum atomic E-state index is 2.30. The van der Waals surface area contributed by atoms with E-state index in [0.717, 1.165) is 0 Å². The third-order valence-electron chi connectivity index (χ3n) is 4.43. The number of unbranched alkanes of at least 4 members (excludes halogenated alkanes) is 8. The first kappa shape index (κ1) is 19.7. The summed E-state index contributed by atoms with van der Waals surface area (Å²) in [5.41, 5.74) is 1.52. The predicted molar refractivity (Wildman–Crippen MR) is 102 cm³/mol. The zero-order valence-electron chi connectivity index (χ0n) is 13.6. The van der Waals surface area contributed by atoms with Crippen molar-refractivity contribution in [1.29, 1.82) is 0 Å². The Morgan fingerprint density at radius 3 is 1.95 bits per heavy atom. The summed E-state index contributed by atoms with van der Waals surface area (Å²) >= 11 is 0. The molecule has 0 saturated heterocycles. The van der Waals surface area contributed by atoms with Gasteiger partial charge in [0.15, 0.2) is 0 Å². The zero-order chi connectivity index (χ0) is 14.8. The first-order valence-electron chi connectivity index (χ1n) is 8.88. The molecular formula is C21H31Na. The molecule has 0 atom stereocenters. The van der Waals surface area contributed by atoms with E-state index in [4.69, 9.17) is 0 Å². The van der Waals surface area contributed by atoms with Crippen LogP contribution >= 0.6 is 0 Å². The second-order valence-electron chi connectivity index (χ2n) is 6.22. The molecule has 0 aromatic heterocycles. The molecule has 2 rings (SSSR count). The van der Waals surface area contributed by atoms with Crippen LogP contribution in [0.15, 0.2) is 42.5 Å². The van der Waals surface area contributed by atoms with Crippen LogP contribution in [-0.4, -0.2) is 29.6 Å². The van der Waals surface area contributed by atoms with Gasteiger partial charge in [0, 0.05) is 0 Å². The molecular weight excluding hydrogens is 275 g/mol. The molecule has 2 aromatic carbocycles. The second-order valence-corrected chi connectivity index (χ2v) is 6.22. The van der Waals surface area contributed by atoms with Crippen LogP contribution in [0, 0.1) is 0 Å². The summed E-state index contributed by atoms with van der Waals surface area (Å²) in [5, 5.41) is 2.82. The molecule has 116 valence electrons. The predicted octanol–water partition coefficient (Wildman–Crippen LogP) is 6.26. The Hall–Kier alpha value is -0.300. The Morgan fingerprint density at radius 2 is 1.23 bits per heavy atom. The number of fused-ring (bicyclic) bond motifs is 1. The summed E-state index contributed by atoms with van der Waals surface area (Å²) in [6, 6.07) is 15.5. The summed E-state index contributed by atoms with van der Waals surface area (Å²) in [6.07, 6.45) is 13.9. The van der Waals surface area contributed by atoms with E-state index < -0.39 is 0 Å². The number of hydrogen-bond donors (Lipinski definition) is 0. The molecule has 0 heterocycles. The van der Waals surface area contributed by atoms with Gasteiger partial charge in [-0.2, -0.15) is 0 Å². The Balaban J connectivity index is 0.00000242. The van der Waals surface area contributed by atoms with Crippen LogP contribution in [0.2, 0.25) is 0 Å².